The average molecular weight is 279 g/mol. The average Bonchev–Trinajstić information content (AvgIpc) is 2.97. The molecule has 0 bridgehead atoms. The number of benzene rings is 2. The van der Waals surface area contributed by atoms with E-state index in [-0.39, 0.29) is 11.9 Å². The van der Waals surface area contributed by atoms with Crippen molar-refractivity contribution in [1.82, 2.24) is 15.1 Å². The second kappa shape index (κ2) is 5.40. The summed E-state index contributed by atoms with van der Waals surface area (Å²) < 4.78 is 0. The highest BCUT2D eigenvalue weighted by Gasteiger charge is 2.22. The van der Waals surface area contributed by atoms with Crippen molar-refractivity contribution in [2.75, 3.05) is 7.05 Å². The number of carbonyl (C=O) groups excluding carboxylic acids is 1. The fourth-order valence-electron chi connectivity index (χ4n) is 2.42. The number of carbonyl (C=O) groups is 1. The lowest BCUT2D eigenvalue weighted by molar-refractivity contribution is 0.0738. The molecule has 1 N–H and O–H groups in total. The standard InChI is InChI=1S/C17H17N3O/c1-12(13-8-4-3-5-9-13)20(2)17(21)16-14-10-6-7-11-15(14)18-19-16/h3-12H,1-2H3,(H,18,19)/t12-/m1/s1. The lowest BCUT2D eigenvalue weighted by Crippen LogP contribution is -2.30. The number of para-hydroxylation sites is 1. The lowest BCUT2D eigenvalue weighted by atomic mass is 10.1. The van der Waals surface area contributed by atoms with Gasteiger partial charge in [0.15, 0.2) is 5.69 Å². The number of aromatic nitrogens is 2. The van der Waals surface area contributed by atoms with Crippen molar-refractivity contribution in [3.8, 4) is 0 Å². The van der Waals surface area contributed by atoms with Crippen LogP contribution in [0.4, 0.5) is 0 Å². The molecule has 1 aromatic heterocycles. The largest absolute Gasteiger partial charge is 0.334 e. The Bertz CT molecular complexity index is 764. The molecule has 2 aromatic carbocycles. The first-order chi connectivity index (χ1) is 10.2. The molecule has 1 atom stereocenters. The molecule has 0 fully saturated rings. The van der Waals surface area contributed by atoms with Crippen molar-refractivity contribution in [3.05, 3.63) is 65.9 Å². The summed E-state index contributed by atoms with van der Waals surface area (Å²) in [5, 5.41) is 7.94. The number of nitrogens with one attached hydrogen (secondary N) is 1. The number of aromatic amines is 1. The Hall–Kier alpha value is -2.62. The molecule has 0 aliphatic rings. The summed E-state index contributed by atoms with van der Waals surface area (Å²) in [6, 6.07) is 17.6. The molecule has 0 saturated heterocycles. The van der Waals surface area contributed by atoms with E-state index in [1.54, 1.807) is 4.90 Å². The van der Waals surface area contributed by atoms with E-state index in [2.05, 4.69) is 10.2 Å². The van der Waals surface area contributed by atoms with E-state index in [4.69, 9.17) is 0 Å². The van der Waals surface area contributed by atoms with Gasteiger partial charge in [0, 0.05) is 12.4 Å². The van der Waals surface area contributed by atoms with Gasteiger partial charge >= 0.3 is 0 Å². The minimum absolute atomic E-state index is 0.00541. The van der Waals surface area contributed by atoms with Crippen molar-refractivity contribution in [2.24, 2.45) is 0 Å². The summed E-state index contributed by atoms with van der Waals surface area (Å²) in [6.45, 7) is 2.02. The number of rotatable bonds is 3. The minimum Gasteiger partial charge on any atom is -0.334 e. The summed E-state index contributed by atoms with van der Waals surface area (Å²) in [6.07, 6.45) is 0. The number of hydrogen-bond acceptors (Lipinski definition) is 2. The van der Waals surface area contributed by atoms with Crippen LogP contribution in [0, 0.1) is 0 Å². The molecule has 0 unspecified atom stereocenters. The second-order valence-corrected chi connectivity index (χ2v) is 5.12. The van der Waals surface area contributed by atoms with Gasteiger partial charge in [-0.1, -0.05) is 48.5 Å². The van der Waals surface area contributed by atoms with Gasteiger partial charge in [0.25, 0.3) is 5.91 Å². The molecule has 1 heterocycles. The van der Waals surface area contributed by atoms with E-state index in [0.717, 1.165) is 16.5 Å². The number of H-pyrrole nitrogens is 1. The summed E-state index contributed by atoms with van der Waals surface area (Å²) >= 11 is 0. The molecule has 0 spiro atoms. The maximum absolute atomic E-state index is 12.7. The van der Waals surface area contributed by atoms with E-state index in [9.17, 15) is 4.79 Å². The number of hydrogen-bond donors (Lipinski definition) is 1. The quantitative estimate of drug-likeness (QED) is 0.799. The van der Waals surface area contributed by atoms with Gasteiger partial charge in [0.2, 0.25) is 0 Å². The van der Waals surface area contributed by atoms with Crippen LogP contribution in [0.25, 0.3) is 10.9 Å². The second-order valence-electron chi connectivity index (χ2n) is 5.12. The molecule has 21 heavy (non-hydrogen) atoms. The zero-order chi connectivity index (χ0) is 14.8. The molecule has 4 nitrogen and oxygen atoms in total. The molecule has 1 amide bonds. The Morgan fingerprint density at radius 2 is 1.76 bits per heavy atom. The molecule has 0 aliphatic heterocycles. The lowest BCUT2D eigenvalue weighted by Gasteiger charge is -2.24. The Morgan fingerprint density at radius 3 is 2.52 bits per heavy atom. The van der Waals surface area contributed by atoms with Gasteiger partial charge in [0.1, 0.15) is 0 Å². The van der Waals surface area contributed by atoms with Gasteiger partial charge in [-0.05, 0) is 18.6 Å². The van der Waals surface area contributed by atoms with E-state index in [1.165, 1.54) is 0 Å². The van der Waals surface area contributed by atoms with Crippen molar-refractivity contribution < 1.29 is 4.79 Å². The molecular weight excluding hydrogens is 262 g/mol. The van der Waals surface area contributed by atoms with Crippen molar-refractivity contribution in [3.63, 3.8) is 0 Å². The molecule has 0 radical (unpaired) electrons. The first-order valence-corrected chi connectivity index (χ1v) is 6.93. The Balaban J connectivity index is 1.91. The zero-order valence-corrected chi connectivity index (χ0v) is 12.1. The normalized spacial score (nSPS) is 12.3. The number of amides is 1. The monoisotopic (exact) mass is 279 g/mol. The topological polar surface area (TPSA) is 49.0 Å². The van der Waals surface area contributed by atoms with Gasteiger partial charge in [-0.2, -0.15) is 5.10 Å². The highest BCUT2D eigenvalue weighted by atomic mass is 16.2. The molecule has 3 rings (SSSR count). The van der Waals surface area contributed by atoms with Crippen LogP contribution in [0.2, 0.25) is 0 Å². The third-order valence-electron chi connectivity index (χ3n) is 3.86. The molecule has 106 valence electrons. The highest BCUT2D eigenvalue weighted by Crippen LogP contribution is 2.22. The van der Waals surface area contributed by atoms with Crippen LogP contribution in [0.5, 0.6) is 0 Å². The first kappa shape index (κ1) is 13.4. The summed E-state index contributed by atoms with van der Waals surface area (Å²) in [5.41, 5.74) is 2.45. The Morgan fingerprint density at radius 1 is 1.10 bits per heavy atom. The van der Waals surface area contributed by atoms with Crippen molar-refractivity contribution in [2.45, 2.75) is 13.0 Å². The van der Waals surface area contributed by atoms with Crippen LogP contribution in [0.1, 0.15) is 29.0 Å². The van der Waals surface area contributed by atoms with Gasteiger partial charge < -0.3 is 4.90 Å². The summed E-state index contributed by atoms with van der Waals surface area (Å²) in [5.74, 6) is -0.0798. The third-order valence-corrected chi connectivity index (χ3v) is 3.86. The van der Waals surface area contributed by atoms with E-state index in [1.807, 2.05) is 68.6 Å². The van der Waals surface area contributed by atoms with E-state index >= 15 is 0 Å². The van der Waals surface area contributed by atoms with Gasteiger partial charge in [0.05, 0.1) is 11.6 Å². The van der Waals surface area contributed by atoms with E-state index < -0.39 is 0 Å². The predicted octanol–water partition coefficient (Wildman–Crippen LogP) is 3.40. The summed E-state index contributed by atoms with van der Waals surface area (Å²) in [7, 11) is 1.81. The van der Waals surface area contributed by atoms with Crippen molar-refractivity contribution >= 4 is 16.8 Å². The van der Waals surface area contributed by atoms with Crippen LogP contribution in [0.3, 0.4) is 0 Å². The van der Waals surface area contributed by atoms with Crippen LogP contribution >= 0.6 is 0 Å². The van der Waals surface area contributed by atoms with Crippen LogP contribution in [-0.4, -0.2) is 28.1 Å². The molecule has 0 aliphatic carbocycles. The zero-order valence-electron chi connectivity index (χ0n) is 12.1. The van der Waals surface area contributed by atoms with Crippen LogP contribution in [0.15, 0.2) is 54.6 Å². The maximum Gasteiger partial charge on any atom is 0.275 e. The molecule has 3 aromatic rings. The number of fused-ring (bicyclic) bond motifs is 1. The predicted molar refractivity (Wildman–Crippen MR) is 83.0 cm³/mol. The number of nitrogens with zero attached hydrogens (tertiary/aromatic N) is 2. The smallest absolute Gasteiger partial charge is 0.275 e. The molecular formula is C17H17N3O. The van der Waals surface area contributed by atoms with E-state index in [0.29, 0.717) is 5.69 Å². The van der Waals surface area contributed by atoms with Gasteiger partial charge in [-0.3, -0.25) is 9.89 Å². The highest BCUT2D eigenvalue weighted by molar-refractivity contribution is 6.04. The maximum atomic E-state index is 12.7. The third kappa shape index (κ3) is 2.40. The van der Waals surface area contributed by atoms with Crippen molar-refractivity contribution in [1.29, 1.82) is 0 Å². The molecule has 0 saturated carbocycles. The Labute approximate surface area is 123 Å². The first-order valence-electron chi connectivity index (χ1n) is 6.93. The fraction of sp³-hybridized carbons (Fsp3) is 0.176. The minimum atomic E-state index is -0.0798. The Kier molecular flexibility index (Phi) is 3.44. The van der Waals surface area contributed by atoms with Gasteiger partial charge in [-0.15, -0.1) is 0 Å². The fourth-order valence-corrected chi connectivity index (χ4v) is 2.42. The van der Waals surface area contributed by atoms with Crippen LogP contribution in [-0.2, 0) is 0 Å². The van der Waals surface area contributed by atoms with Crippen LogP contribution < -0.4 is 0 Å². The molecule has 4 heteroatoms. The summed E-state index contributed by atoms with van der Waals surface area (Å²) in [4.78, 5) is 14.4. The van der Waals surface area contributed by atoms with Gasteiger partial charge in [-0.25, -0.2) is 0 Å². The SMILES string of the molecule is C[C@H](c1ccccc1)N(C)C(=O)c1n[nH]c2ccccc12.